The van der Waals surface area contributed by atoms with Crippen LogP contribution in [0.1, 0.15) is 19.4 Å². The number of hydrogen-bond acceptors (Lipinski definition) is 5. The molecular weight excluding hydrogens is 399 g/mol. The lowest BCUT2D eigenvalue weighted by molar-refractivity contribution is -0.140. The van der Waals surface area contributed by atoms with Gasteiger partial charge in [0.25, 0.3) is 0 Å². The van der Waals surface area contributed by atoms with Gasteiger partial charge in [0.1, 0.15) is 16.3 Å². The van der Waals surface area contributed by atoms with Crippen molar-refractivity contribution < 1.29 is 17.9 Å². The fourth-order valence-corrected chi connectivity index (χ4v) is 3.63. The first kappa shape index (κ1) is 21.0. The molecule has 0 spiro atoms. The second-order valence-electron chi connectivity index (χ2n) is 5.98. The Hall–Kier alpha value is -2.74. The highest BCUT2D eigenvalue weighted by atomic mass is 32.2. The normalized spacial score (nSPS) is 11.3. The number of anilines is 2. The average Bonchev–Trinajstić information content (AvgIpc) is 2.69. The van der Waals surface area contributed by atoms with Crippen LogP contribution < -0.4 is 9.64 Å². The fraction of sp³-hybridized carbons (Fsp3) is 0.238. The number of halogens is 3. The smallest absolute Gasteiger partial charge is 0.420 e. The number of hydrogen-bond donors (Lipinski definition) is 0. The van der Waals surface area contributed by atoms with Gasteiger partial charge in [-0.3, -0.25) is 0 Å². The van der Waals surface area contributed by atoms with Gasteiger partial charge < -0.3 is 9.64 Å². The van der Waals surface area contributed by atoms with E-state index in [-0.39, 0.29) is 11.0 Å². The van der Waals surface area contributed by atoms with Crippen LogP contribution in [0.4, 0.5) is 24.8 Å². The van der Waals surface area contributed by atoms with E-state index in [2.05, 4.69) is 9.97 Å². The highest BCUT2D eigenvalue weighted by Crippen LogP contribution is 2.39. The molecule has 3 rings (SSSR count). The van der Waals surface area contributed by atoms with Gasteiger partial charge in [-0.05, 0) is 38.1 Å². The van der Waals surface area contributed by atoms with Crippen molar-refractivity contribution in [1.29, 1.82) is 0 Å². The molecule has 0 fully saturated rings. The van der Waals surface area contributed by atoms with E-state index in [0.29, 0.717) is 23.8 Å². The van der Waals surface area contributed by atoms with Gasteiger partial charge >= 0.3 is 6.18 Å². The Morgan fingerprint density at radius 2 is 1.79 bits per heavy atom. The Kier molecular flexibility index (Phi) is 6.64. The summed E-state index contributed by atoms with van der Waals surface area (Å²) in [5.41, 5.74) is -0.108. The van der Waals surface area contributed by atoms with Crippen molar-refractivity contribution in [2.24, 2.45) is 0 Å². The van der Waals surface area contributed by atoms with E-state index in [1.807, 2.05) is 44.2 Å². The average molecular weight is 419 g/mol. The van der Waals surface area contributed by atoms with E-state index >= 15 is 0 Å². The summed E-state index contributed by atoms with van der Waals surface area (Å²) >= 11 is 0.967. The Balaban J connectivity index is 2.02. The molecule has 8 heteroatoms. The molecule has 1 heterocycles. The van der Waals surface area contributed by atoms with Gasteiger partial charge in [-0.1, -0.05) is 36.0 Å². The van der Waals surface area contributed by atoms with Crippen molar-refractivity contribution in [2.75, 3.05) is 18.1 Å². The third-order valence-corrected chi connectivity index (χ3v) is 5.01. The molecule has 29 heavy (non-hydrogen) atoms. The molecule has 1 aromatic heterocycles. The maximum absolute atomic E-state index is 13.5. The van der Waals surface area contributed by atoms with Crippen molar-refractivity contribution in [3.8, 4) is 5.75 Å². The molecule has 0 saturated heterocycles. The molecule has 152 valence electrons. The lowest BCUT2D eigenvalue weighted by Gasteiger charge is -2.23. The zero-order valence-corrected chi connectivity index (χ0v) is 16.8. The van der Waals surface area contributed by atoms with Gasteiger partial charge in [0.2, 0.25) is 5.95 Å². The molecule has 3 aromatic rings. The first-order valence-electron chi connectivity index (χ1n) is 9.10. The molecule has 0 radical (unpaired) electrons. The number of ether oxygens (including phenoxy) is 1. The summed E-state index contributed by atoms with van der Waals surface area (Å²) in [6.07, 6.45) is -3.69. The van der Waals surface area contributed by atoms with Crippen LogP contribution in [0, 0.1) is 0 Å². The zero-order chi connectivity index (χ0) is 20.9. The molecule has 0 aliphatic heterocycles. The predicted octanol–water partition coefficient (Wildman–Crippen LogP) is 6.20. The minimum atomic E-state index is -4.54. The zero-order valence-electron chi connectivity index (χ0n) is 16.0. The van der Waals surface area contributed by atoms with E-state index in [4.69, 9.17) is 4.74 Å². The number of rotatable bonds is 7. The van der Waals surface area contributed by atoms with Crippen LogP contribution in [0.2, 0.25) is 0 Å². The largest absolute Gasteiger partial charge is 0.494 e. The molecule has 0 aliphatic rings. The van der Waals surface area contributed by atoms with Crippen LogP contribution in [-0.2, 0) is 6.18 Å². The highest BCUT2D eigenvalue weighted by Gasteiger charge is 2.35. The van der Waals surface area contributed by atoms with E-state index in [1.54, 1.807) is 29.2 Å². The number of alkyl halides is 3. The molecule has 0 amide bonds. The summed E-state index contributed by atoms with van der Waals surface area (Å²) in [4.78, 5) is 10.7. The van der Waals surface area contributed by atoms with Crippen molar-refractivity contribution in [1.82, 2.24) is 9.97 Å². The summed E-state index contributed by atoms with van der Waals surface area (Å²) in [5.74, 6) is 0.877. The number of aromatic nitrogens is 2. The van der Waals surface area contributed by atoms with E-state index in [9.17, 15) is 13.2 Å². The quantitative estimate of drug-likeness (QED) is 0.426. The van der Waals surface area contributed by atoms with Gasteiger partial charge in [0.15, 0.2) is 0 Å². The molecule has 0 atom stereocenters. The predicted molar refractivity (Wildman–Crippen MR) is 108 cm³/mol. The molecular formula is C21H20F3N3OS. The summed E-state index contributed by atoms with van der Waals surface area (Å²) in [7, 11) is 0. The monoisotopic (exact) mass is 419 g/mol. The van der Waals surface area contributed by atoms with Crippen LogP contribution in [0.15, 0.2) is 70.7 Å². The van der Waals surface area contributed by atoms with Crippen molar-refractivity contribution in [3.05, 3.63) is 66.4 Å². The highest BCUT2D eigenvalue weighted by molar-refractivity contribution is 7.99. The van der Waals surface area contributed by atoms with Gasteiger partial charge in [-0.15, -0.1) is 0 Å². The Bertz CT molecular complexity index is 951. The van der Waals surface area contributed by atoms with Crippen LogP contribution >= 0.6 is 11.8 Å². The third-order valence-electron chi connectivity index (χ3n) is 4.00. The van der Waals surface area contributed by atoms with Crippen molar-refractivity contribution >= 4 is 23.4 Å². The summed E-state index contributed by atoms with van der Waals surface area (Å²) in [6, 6.07) is 16.2. The lowest BCUT2D eigenvalue weighted by atomic mass is 10.2. The van der Waals surface area contributed by atoms with Crippen LogP contribution in [0.25, 0.3) is 0 Å². The van der Waals surface area contributed by atoms with E-state index < -0.39 is 11.7 Å². The van der Waals surface area contributed by atoms with Gasteiger partial charge in [0, 0.05) is 29.4 Å². The van der Waals surface area contributed by atoms with Gasteiger partial charge in [-0.2, -0.15) is 13.2 Å². The third kappa shape index (κ3) is 5.20. The maximum Gasteiger partial charge on any atom is 0.420 e. The van der Waals surface area contributed by atoms with Gasteiger partial charge in [0.05, 0.1) is 6.61 Å². The molecule has 0 N–H and O–H groups in total. The van der Waals surface area contributed by atoms with Crippen molar-refractivity contribution in [2.45, 2.75) is 29.9 Å². The molecule has 0 aliphatic carbocycles. The van der Waals surface area contributed by atoms with Crippen molar-refractivity contribution in [3.63, 3.8) is 0 Å². The first-order chi connectivity index (χ1) is 13.9. The molecule has 0 bridgehead atoms. The summed E-state index contributed by atoms with van der Waals surface area (Å²) in [6.45, 7) is 4.77. The van der Waals surface area contributed by atoms with Crippen LogP contribution in [-0.4, -0.2) is 23.1 Å². The second kappa shape index (κ2) is 9.17. The lowest BCUT2D eigenvalue weighted by Crippen LogP contribution is -2.20. The van der Waals surface area contributed by atoms with Crippen LogP contribution in [0.3, 0.4) is 0 Å². The first-order valence-corrected chi connectivity index (χ1v) is 9.91. The Morgan fingerprint density at radius 3 is 2.45 bits per heavy atom. The summed E-state index contributed by atoms with van der Waals surface area (Å²) < 4.78 is 46.0. The second-order valence-corrected chi connectivity index (χ2v) is 7.04. The fourth-order valence-electron chi connectivity index (χ4n) is 2.71. The Labute approximate surface area is 171 Å². The number of benzene rings is 2. The Morgan fingerprint density at radius 1 is 1.03 bits per heavy atom. The molecule has 2 aromatic carbocycles. The maximum atomic E-state index is 13.5. The molecule has 0 unspecified atom stereocenters. The SMILES string of the molecule is CCOc1cccc(N(CC)c2ncc(C(F)(F)F)c(Sc3ccccc3)n2)c1. The van der Waals surface area contributed by atoms with Crippen LogP contribution in [0.5, 0.6) is 5.75 Å². The number of nitrogens with zero attached hydrogens (tertiary/aromatic N) is 3. The standard InChI is InChI=1S/C21H20F3N3OS/c1-3-27(15-9-8-10-16(13-15)28-4-2)20-25-14-18(21(22,23)24)19(26-20)29-17-11-6-5-7-12-17/h5-14H,3-4H2,1-2H3. The molecule has 4 nitrogen and oxygen atoms in total. The molecule has 0 saturated carbocycles. The minimum absolute atomic E-state index is 0.131. The van der Waals surface area contributed by atoms with Gasteiger partial charge in [-0.25, -0.2) is 9.97 Å². The topological polar surface area (TPSA) is 38.2 Å². The van der Waals surface area contributed by atoms with E-state index in [0.717, 1.165) is 23.6 Å². The minimum Gasteiger partial charge on any atom is -0.494 e. The summed E-state index contributed by atoms with van der Waals surface area (Å²) in [5, 5.41) is -0.131. The van der Waals surface area contributed by atoms with E-state index in [1.165, 1.54) is 0 Å².